The molecule has 0 atom stereocenters. The van der Waals surface area contributed by atoms with E-state index in [2.05, 4.69) is 12.2 Å². The monoisotopic (exact) mass is 925 g/mol. The van der Waals surface area contributed by atoms with Crippen LogP contribution in [0, 0.1) is 0 Å². The van der Waals surface area contributed by atoms with E-state index in [0.29, 0.717) is 0 Å². The molecular weight excluding hydrogens is 809 g/mol. The van der Waals surface area contributed by atoms with E-state index in [0.717, 1.165) is 25.7 Å². The molecule has 0 aromatic carbocycles. The van der Waals surface area contributed by atoms with Gasteiger partial charge in [0.15, 0.2) is 0 Å². The molecule has 0 heterocycles. The molecule has 0 aromatic rings. The van der Waals surface area contributed by atoms with Gasteiger partial charge >= 0.3 is 11.9 Å². The molecule has 0 aliphatic heterocycles. The molecule has 0 saturated carbocycles. The minimum atomic E-state index is -0.838. The van der Waals surface area contributed by atoms with Crippen LogP contribution in [0.3, 0.4) is 0 Å². The number of hydrogen-bond donors (Lipinski definition) is 2. The van der Waals surface area contributed by atoms with Crippen molar-refractivity contribution in [3.05, 3.63) is 36.5 Å². The Morgan fingerprint density at radius 3 is 0.409 bits per heavy atom. The second-order valence-electron chi connectivity index (χ2n) is 20.8. The standard InChI is InChI=1S/C62H116O4/c63-61(64)59-57-55-53-51-49-47-45-43-41-39-37-35-33-31-29-27-25-23-21-19-17-15-13-11-9-7-5-3-1-2-4-6-8-10-12-14-16-18-20-22-24-26-28-30-32-34-36-38-40-42-44-46-48-50-52-54-56-58-60-62(65)66/h41,43,57-60H,1-40,42,44-56H2,(H,63,64)(H,65,66). The van der Waals surface area contributed by atoms with Crippen LogP contribution in [-0.2, 0) is 9.59 Å². The molecule has 0 amide bonds. The highest BCUT2D eigenvalue weighted by Crippen LogP contribution is 2.19. The van der Waals surface area contributed by atoms with Crippen molar-refractivity contribution >= 4 is 11.9 Å². The maximum absolute atomic E-state index is 10.4. The topological polar surface area (TPSA) is 74.6 Å². The number of allylic oxidation sites excluding steroid dienone is 4. The van der Waals surface area contributed by atoms with Crippen LogP contribution >= 0.6 is 0 Å². The fourth-order valence-electron chi connectivity index (χ4n) is 9.78. The van der Waals surface area contributed by atoms with Gasteiger partial charge in [-0.1, -0.05) is 320 Å². The van der Waals surface area contributed by atoms with Crippen molar-refractivity contribution in [1.82, 2.24) is 0 Å². The number of carboxylic acids is 2. The van der Waals surface area contributed by atoms with Gasteiger partial charge in [-0.25, -0.2) is 9.59 Å². The second-order valence-corrected chi connectivity index (χ2v) is 20.8. The summed E-state index contributed by atoms with van der Waals surface area (Å²) in [5, 5.41) is 17.2. The molecule has 0 aliphatic carbocycles. The molecule has 0 bridgehead atoms. The quantitative estimate of drug-likeness (QED) is 0.0362. The third-order valence-corrected chi connectivity index (χ3v) is 14.2. The SMILES string of the molecule is O=C(O)C=CCCCCCCC=CCCCCCCCCCCCCCCCCCCCCCCCCCCCCCCCCCCCCCCCCCCCCCCCCC=CC(=O)O. The van der Waals surface area contributed by atoms with Gasteiger partial charge in [0.05, 0.1) is 0 Å². The van der Waals surface area contributed by atoms with E-state index >= 15 is 0 Å². The number of aliphatic carboxylic acids is 2. The predicted molar refractivity (Wildman–Crippen MR) is 292 cm³/mol. The first-order valence-corrected chi connectivity index (χ1v) is 30.1. The first-order chi connectivity index (χ1) is 32.6. The molecule has 0 aliphatic rings. The van der Waals surface area contributed by atoms with Gasteiger partial charge in [-0.2, -0.15) is 0 Å². The normalized spacial score (nSPS) is 11.9. The number of hydrogen-bond acceptors (Lipinski definition) is 2. The lowest BCUT2D eigenvalue weighted by Crippen LogP contribution is -1.86. The van der Waals surface area contributed by atoms with Crippen molar-refractivity contribution in [3.8, 4) is 0 Å². The average Bonchev–Trinajstić information content (AvgIpc) is 3.30. The van der Waals surface area contributed by atoms with Crippen molar-refractivity contribution < 1.29 is 19.8 Å². The van der Waals surface area contributed by atoms with Gasteiger partial charge in [-0.3, -0.25) is 0 Å². The fourth-order valence-corrected chi connectivity index (χ4v) is 9.78. The molecule has 388 valence electrons. The highest BCUT2D eigenvalue weighted by molar-refractivity contribution is 5.79. The summed E-state index contributed by atoms with van der Waals surface area (Å²) >= 11 is 0. The number of rotatable bonds is 58. The fraction of sp³-hybridized carbons (Fsp3) is 0.871. The zero-order valence-electron chi connectivity index (χ0n) is 44.4. The Kier molecular flexibility index (Phi) is 57.6. The Hall–Kier alpha value is -1.84. The molecule has 0 spiro atoms. The highest BCUT2D eigenvalue weighted by Gasteiger charge is 1.99. The summed E-state index contributed by atoms with van der Waals surface area (Å²) in [4.78, 5) is 20.9. The Labute approximate surface area is 413 Å². The summed E-state index contributed by atoms with van der Waals surface area (Å²) in [6, 6.07) is 0. The summed E-state index contributed by atoms with van der Waals surface area (Å²) in [5.41, 5.74) is 0. The Morgan fingerprint density at radius 2 is 0.288 bits per heavy atom. The minimum absolute atomic E-state index is 0.829. The maximum Gasteiger partial charge on any atom is 0.327 e. The average molecular weight is 926 g/mol. The van der Waals surface area contributed by atoms with E-state index in [1.165, 1.54) is 333 Å². The molecule has 2 N–H and O–H groups in total. The number of carboxylic acid groups (broad SMARTS) is 2. The summed E-state index contributed by atoms with van der Waals surface area (Å²) in [5.74, 6) is -1.67. The summed E-state index contributed by atoms with van der Waals surface area (Å²) in [7, 11) is 0. The van der Waals surface area contributed by atoms with Gasteiger partial charge in [0.2, 0.25) is 0 Å². The molecule has 66 heavy (non-hydrogen) atoms. The Morgan fingerprint density at radius 1 is 0.182 bits per heavy atom. The van der Waals surface area contributed by atoms with Crippen LogP contribution in [0.2, 0.25) is 0 Å². The van der Waals surface area contributed by atoms with Crippen LogP contribution in [0.15, 0.2) is 36.5 Å². The molecule has 0 rings (SSSR count). The summed E-state index contributed by atoms with van der Waals surface area (Å²) in [6.07, 6.45) is 85.9. The van der Waals surface area contributed by atoms with Crippen molar-refractivity contribution in [2.75, 3.05) is 0 Å². The lowest BCUT2D eigenvalue weighted by Gasteiger charge is -2.05. The first kappa shape index (κ1) is 64.2. The van der Waals surface area contributed by atoms with Crippen LogP contribution in [0.1, 0.15) is 347 Å². The van der Waals surface area contributed by atoms with Crippen molar-refractivity contribution in [2.45, 2.75) is 347 Å². The number of unbranched alkanes of at least 4 members (excludes halogenated alkanes) is 52. The van der Waals surface area contributed by atoms with Crippen molar-refractivity contribution in [1.29, 1.82) is 0 Å². The van der Waals surface area contributed by atoms with Gasteiger partial charge < -0.3 is 10.2 Å². The van der Waals surface area contributed by atoms with Crippen LogP contribution in [0.25, 0.3) is 0 Å². The van der Waals surface area contributed by atoms with Gasteiger partial charge in [0.1, 0.15) is 0 Å². The third-order valence-electron chi connectivity index (χ3n) is 14.2. The molecule has 0 saturated heterocycles. The van der Waals surface area contributed by atoms with Crippen molar-refractivity contribution in [2.24, 2.45) is 0 Å². The van der Waals surface area contributed by atoms with Gasteiger partial charge in [0.25, 0.3) is 0 Å². The summed E-state index contributed by atoms with van der Waals surface area (Å²) in [6.45, 7) is 0. The second kappa shape index (κ2) is 59.3. The highest BCUT2D eigenvalue weighted by atomic mass is 16.4. The third kappa shape index (κ3) is 62.2. The van der Waals surface area contributed by atoms with Gasteiger partial charge in [-0.15, -0.1) is 0 Å². The van der Waals surface area contributed by atoms with Gasteiger partial charge in [-0.05, 0) is 51.4 Å². The van der Waals surface area contributed by atoms with Crippen molar-refractivity contribution in [3.63, 3.8) is 0 Å². The first-order valence-electron chi connectivity index (χ1n) is 30.1. The lowest BCUT2D eigenvalue weighted by molar-refractivity contribution is -0.132. The summed E-state index contributed by atoms with van der Waals surface area (Å²) < 4.78 is 0. The Balaban J connectivity index is 3.11. The maximum atomic E-state index is 10.4. The smallest absolute Gasteiger partial charge is 0.327 e. The molecular formula is C62H116O4. The van der Waals surface area contributed by atoms with Crippen LogP contribution < -0.4 is 0 Å². The lowest BCUT2D eigenvalue weighted by atomic mass is 10.0. The van der Waals surface area contributed by atoms with E-state index < -0.39 is 11.9 Å². The van der Waals surface area contributed by atoms with Crippen LogP contribution in [0.4, 0.5) is 0 Å². The van der Waals surface area contributed by atoms with E-state index in [4.69, 9.17) is 10.2 Å². The largest absolute Gasteiger partial charge is 0.478 e. The zero-order chi connectivity index (χ0) is 47.6. The zero-order valence-corrected chi connectivity index (χ0v) is 44.4. The molecule has 0 aromatic heterocycles. The molecule has 4 heteroatoms. The van der Waals surface area contributed by atoms with E-state index in [1.807, 2.05) is 0 Å². The van der Waals surface area contributed by atoms with Crippen LogP contribution in [0.5, 0.6) is 0 Å². The molecule has 0 unspecified atom stereocenters. The minimum Gasteiger partial charge on any atom is -0.478 e. The van der Waals surface area contributed by atoms with E-state index in [1.54, 1.807) is 12.2 Å². The molecule has 0 fully saturated rings. The molecule has 4 nitrogen and oxygen atoms in total. The van der Waals surface area contributed by atoms with Crippen LogP contribution in [-0.4, -0.2) is 22.2 Å². The molecule has 0 radical (unpaired) electrons. The van der Waals surface area contributed by atoms with E-state index in [9.17, 15) is 9.59 Å². The van der Waals surface area contributed by atoms with Gasteiger partial charge in [0, 0.05) is 12.2 Å². The predicted octanol–water partition coefficient (Wildman–Crippen LogP) is 21.9. The number of carbonyl (C=O) groups is 2. The Bertz CT molecular complexity index is 1030. The van der Waals surface area contributed by atoms with E-state index in [-0.39, 0.29) is 0 Å².